The second-order valence-electron chi connectivity index (χ2n) is 6.47. The molecule has 2 rings (SSSR count). The zero-order valence-electron chi connectivity index (χ0n) is 15.2. The van der Waals surface area contributed by atoms with Crippen molar-refractivity contribution in [3.8, 4) is 0 Å². The quantitative estimate of drug-likeness (QED) is 0.693. The van der Waals surface area contributed by atoms with Crippen LogP contribution in [0.4, 0.5) is 0 Å². The van der Waals surface area contributed by atoms with E-state index in [1.807, 2.05) is 37.3 Å². The van der Waals surface area contributed by atoms with Gasteiger partial charge in [0.05, 0.1) is 19.1 Å². The third-order valence-corrected chi connectivity index (χ3v) is 4.76. The van der Waals surface area contributed by atoms with Crippen LogP contribution in [0, 0.1) is 5.92 Å². The van der Waals surface area contributed by atoms with Gasteiger partial charge >= 0.3 is 5.97 Å². The van der Waals surface area contributed by atoms with Gasteiger partial charge in [-0.05, 0) is 24.9 Å². The average molecular weight is 348 g/mol. The van der Waals surface area contributed by atoms with Crippen LogP contribution in [0.3, 0.4) is 0 Å². The van der Waals surface area contributed by atoms with Gasteiger partial charge in [0.15, 0.2) is 0 Å². The summed E-state index contributed by atoms with van der Waals surface area (Å²) in [7, 11) is 2.95. The Morgan fingerprint density at radius 1 is 1.28 bits per heavy atom. The summed E-state index contributed by atoms with van der Waals surface area (Å²) >= 11 is 0. The standard InChI is InChI=1S/C19H28N2O4/c1-13(17(24-2)15-10-7-11-20-15)18(22)21-16(19(23)25-3)12-14-8-5-4-6-9-14/h4-6,8-9,13,15-17,20H,7,10-12H2,1-3H3,(H,21,22)/t13-,15+,16-,17-/m1/s1. The highest BCUT2D eigenvalue weighted by Gasteiger charge is 2.34. The van der Waals surface area contributed by atoms with E-state index in [-0.39, 0.29) is 24.0 Å². The SMILES string of the molecule is COC(=O)[C@@H](Cc1ccccc1)NC(=O)[C@H](C)[C@@H](OC)[C@@H]1CCCN1. The van der Waals surface area contributed by atoms with E-state index in [2.05, 4.69) is 10.6 Å². The summed E-state index contributed by atoms with van der Waals surface area (Å²) in [6.07, 6.45) is 2.24. The third-order valence-electron chi connectivity index (χ3n) is 4.76. The summed E-state index contributed by atoms with van der Waals surface area (Å²) < 4.78 is 10.4. The molecule has 1 aliphatic rings. The molecule has 2 N–H and O–H groups in total. The Kier molecular flexibility index (Phi) is 7.40. The first kappa shape index (κ1) is 19.4. The largest absolute Gasteiger partial charge is 0.467 e. The Labute approximate surface area is 149 Å². The number of benzene rings is 1. The van der Waals surface area contributed by atoms with Gasteiger partial charge in [-0.1, -0.05) is 37.3 Å². The first-order valence-electron chi connectivity index (χ1n) is 8.75. The van der Waals surface area contributed by atoms with Gasteiger partial charge in [-0.2, -0.15) is 0 Å². The number of rotatable bonds is 8. The summed E-state index contributed by atoms with van der Waals surface area (Å²) in [5.74, 6) is -1.02. The molecule has 25 heavy (non-hydrogen) atoms. The van der Waals surface area contributed by atoms with Crippen molar-refractivity contribution in [2.75, 3.05) is 20.8 Å². The van der Waals surface area contributed by atoms with Crippen molar-refractivity contribution in [1.29, 1.82) is 0 Å². The number of carbonyl (C=O) groups is 2. The molecular weight excluding hydrogens is 320 g/mol. The van der Waals surface area contributed by atoms with E-state index in [9.17, 15) is 9.59 Å². The Morgan fingerprint density at radius 3 is 2.56 bits per heavy atom. The van der Waals surface area contributed by atoms with Gasteiger partial charge < -0.3 is 20.1 Å². The van der Waals surface area contributed by atoms with Gasteiger partial charge in [0, 0.05) is 19.6 Å². The molecule has 1 aromatic carbocycles. The Balaban J connectivity index is 2.03. The third kappa shape index (κ3) is 5.28. The molecule has 4 atom stereocenters. The summed E-state index contributed by atoms with van der Waals surface area (Å²) in [4.78, 5) is 24.8. The van der Waals surface area contributed by atoms with Crippen molar-refractivity contribution in [1.82, 2.24) is 10.6 Å². The summed E-state index contributed by atoms with van der Waals surface area (Å²) in [5, 5.41) is 6.21. The van der Waals surface area contributed by atoms with Gasteiger partial charge in [0.2, 0.25) is 5.91 Å². The molecule has 1 saturated heterocycles. The average Bonchev–Trinajstić information content (AvgIpc) is 3.16. The smallest absolute Gasteiger partial charge is 0.328 e. The van der Waals surface area contributed by atoms with E-state index >= 15 is 0 Å². The van der Waals surface area contributed by atoms with Crippen molar-refractivity contribution in [2.24, 2.45) is 5.92 Å². The molecule has 0 saturated carbocycles. The molecule has 6 nitrogen and oxygen atoms in total. The van der Waals surface area contributed by atoms with Gasteiger partial charge in [-0.25, -0.2) is 4.79 Å². The molecule has 0 spiro atoms. The van der Waals surface area contributed by atoms with E-state index in [0.717, 1.165) is 24.9 Å². The highest BCUT2D eigenvalue weighted by atomic mass is 16.5. The van der Waals surface area contributed by atoms with Crippen LogP contribution in [0.1, 0.15) is 25.3 Å². The van der Waals surface area contributed by atoms with Gasteiger partial charge in [0.25, 0.3) is 0 Å². The van der Waals surface area contributed by atoms with Crippen LogP contribution in [-0.2, 0) is 25.5 Å². The Morgan fingerprint density at radius 2 is 2.00 bits per heavy atom. The molecule has 1 heterocycles. The summed E-state index contributed by atoms with van der Waals surface area (Å²) in [5.41, 5.74) is 0.964. The minimum Gasteiger partial charge on any atom is -0.467 e. The molecule has 138 valence electrons. The first-order chi connectivity index (χ1) is 12.1. The fourth-order valence-corrected chi connectivity index (χ4v) is 3.35. The zero-order chi connectivity index (χ0) is 18.2. The maximum Gasteiger partial charge on any atom is 0.328 e. The van der Waals surface area contributed by atoms with E-state index < -0.39 is 12.0 Å². The summed E-state index contributed by atoms with van der Waals surface area (Å²) in [6.45, 7) is 2.78. The van der Waals surface area contributed by atoms with Crippen molar-refractivity contribution >= 4 is 11.9 Å². The number of ether oxygens (including phenoxy) is 2. The highest BCUT2D eigenvalue weighted by Crippen LogP contribution is 2.19. The molecule has 0 aromatic heterocycles. The van der Waals surface area contributed by atoms with Crippen molar-refractivity contribution in [3.05, 3.63) is 35.9 Å². The van der Waals surface area contributed by atoms with E-state index in [4.69, 9.17) is 9.47 Å². The minimum absolute atomic E-state index is 0.163. The van der Waals surface area contributed by atoms with Crippen LogP contribution in [0.2, 0.25) is 0 Å². The fourth-order valence-electron chi connectivity index (χ4n) is 3.35. The predicted molar refractivity (Wildman–Crippen MR) is 95.1 cm³/mol. The van der Waals surface area contributed by atoms with Crippen molar-refractivity contribution in [2.45, 2.75) is 44.4 Å². The molecule has 0 aliphatic carbocycles. The normalized spacial score (nSPS) is 20.5. The monoisotopic (exact) mass is 348 g/mol. The highest BCUT2D eigenvalue weighted by molar-refractivity contribution is 5.86. The number of nitrogens with one attached hydrogen (secondary N) is 2. The van der Waals surface area contributed by atoms with Gasteiger partial charge in [0.1, 0.15) is 6.04 Å². The molecule has 1 aliphatic heterocycles. The fraction of sp³-hybridized carbons (Fsp3) is 0.579. The maximum atomic E-state index is 12.7. The van der Waals surface area contributed by atoms with E-state index in [1.165, 1.54) is 7.11 Å². The van der Waals surface area contributed by atoms with Crippen molar-refractivity contribution in [3.63, 3.8) is 0 Å². The molecule has 1 aromatic rings. The number of methoxy groups -OCH3 is 2. The Hall–Kier alpha value is -1.92. The number of esters is 1. The Bertz CT molecular complexity index is 558. The van der Waals surface area contributed by atoms with E-state index in [0.29, 0.717) is 6.42 Å². The number of hydrogen-bond acceptors (Lipinski definition) is 5. The van der Waals surface area contributed by atoms with Crippen LogP contribution >= 0.6 is 0 Å². The minimum atomic E-state index is -0.712. The lowest BCUT2D eigenvalue weighted by molar-refractivity contribution is -0.146. The molecule has 1 fully saturated rings. The topological polar surface area (TPSA) is 76.7 Å². The lowest BCUT2D eigenvalue weighted by Gasteiger charge is -2.28. The van der Waals surface area contributed by atoms with Crippen LogP contribution in [0.25, 0.3) is 0 Å². The van der Waals surface area contributed by atoms with Crippen LogP contribution < -0.4 is 10.6 Å². The maximum absolute atomic E-state index is 12.7. The number of carbonyl (C=O) groups excluding carboxylic acids is 2. The number of amides is 1. The number of hydrogen-bond donors (Lipinski definition) is 2. The molecule has 6 heteroatoms. The van der Waals surface area contributed by atoms with Gasteiger partial charge in [-0.3, -0.25) is 4.79 Å². The molecule has 0 unspecified atom stereocenters. The second kappa shape index (κ2) is 9.53. The second-order valence-corrected chi connectivity index (χ2v) is 6.47. The predicted octanol–water partition coefficient (Wildman–Crippen LogP) is 1.29. The van der Waals surface area contributed by atoms with Crippen LogP contribution in [0.15, 0.2) is 30.3 Å². The lowest BCUT2D eigenvalue weighted by atomic mass is 9.95. The molecule has 0 radical (unpaired) electrons. The van der Waals surface area contributed by atoms with E-state index in [1.54, 1.807) is 7.11 Å². The van der Waals surface area contributed by atoms with Crippen molar-refractivity contribution < 1.29 is 19.1 Å². The molecular formula is C19H28N2O4. The lowest BCUT2D eigenvalue weighted by Crippen LogP contribution is -2.50. The van der Waals surface area contributed by atoms with Crippen LogP contribution in [-0.4, -0.2) is 50.8 Å². The van der Waals surface area contributed by atoms with Crippen LogP contribution in [0.5, 0.6) is 0 Å². The zero-order valence-corrected chi connectivity index (χ0v) is 15.2. The molecule has 0 bridgehead atoms. The first-order valence-corrected chi connectivity index (χ1v) is 8.75. The summed E-state index contributed by atoms with van der Waals surface area (Å²) in [6, 6.07) is 9.02. The molecule has 1 amide bonds. The van der Waals surface area contributed by atoms with Gasteiger partial charge in [-0.15, -0.1) is 0 Å².